The highest BCUT2D eigenvalue weighted by atomic mass is 15.1. The van der Waals surface area contributed by atoms with Crippen LogP contribution in [0, 0.1) is 22.7 Å². The van der Waals surface area contributed by atoms with Crippen molar-refractivity contribution in [1.82, 2.24) is 0 Å². The number of rotatable bonds is 8. The molecule has 0 saturated carbocycles. The number of hydrogen-bond acceptors (Lipinski definition) is 4. The number of fused-ring (bicyclic) bond motifs is 12. The Bertz CT molecular complexity index is 3490. The average molecular weight is 885 g/mol. The van der Waals surface area contributed by atoms with Crippen molar-refractivity contribution in [2.45, 2.75) is 44.9 Å². The van der Waals surface area contributed by atoms with Gasteiger partial charge >= 0.3 is 0 Å². The number of nitriles is 2. The van der Waals surface area contributed by atoms with Gasteiger partial charge in [0.25, 0.3) is 0 Å². The van der Waals surface area contributed by atoms with Crippen molar-refractivity contribution in [2.24, 2.45) is 0 Å². The van der Waals surface area contributed by atoms with Crippen molar-refractivity contribution >= 4 is 55.7 Å². The van der Waals surface area contributed by atoms with Gasteiger partial charge in [-0.15, -0.1) is 0 Å². The lowest BCUT2D eigenvalue weighted by Gasteiger charge is -2.31. The van der Waals surface area contributed by atoms with Gasteiger partial charge in [0, 0.05) is 34.1 Å². The molecule has 4 heteroatoms. The summed E-state index contributed by atoms with van der Waals surface area (Å²) in [4.78, 5) is 4.60. The third-order valence-electron chi connectivity index (χ3n) is 14.6. The number of hydrogen-bond donors (Lipinski definition) is 0. The quantitative estimate of drug-likeness (QED) is 0.153. The molecule has 0 radical (unpaired) electrons. The Labute approximate surface area is 404 Å². The van der Waals surface area contributed by atoms with Crippen LogP contribution in [0.1, 0.15) is 84.0 Å². The van der Waals surface area contributed by atoms with Gasteiger partial charge in [0.05, 0.1) is 28.7 Å². The van der Waals surface area contributed by atoms with Crippen LogP contribution < -0.4 is 9.80 Å². The molecular weight excluding hydrogens is 837 g/mol. The van der Waals surface area contributed by atoms with Crippen molar-refractivity contribution in [3.8, 4) is 34.4 Å². The van der Waals surface area contributed by atoms with Gasteiger partial charge in [0.1, 0.15) is 0 Å². The number of anilines is 6. The topological polar surface area (TPSA) is 54.1 Å². The van der Waals surface area contributed by atoms with E-state index in [1.165, 1.54) is 66.4 Å². The predicted molar refractivity (Wildman–Crippen MR) is 285 cm³/mol. The molecule has 0 saturated heterocycles. The smallest absolute Gasteiger partial charge is 0.0991 e. The molecule has 328 valence electrons. The summed E-state index contributed by atoms with van der Waals surface area (Å²) in [6, 6.07) is 79.5. The van der Waals surface area contributed by atoms with Crippen LogP contribution in [0.2, 0.25) is 0 Å². The molecule has 0 unspecified atom stereocenters. The summed E-state index contributed by atoms with van der Waals surface area (Å²) < 4.78 is 0. The van der Waals surface area contributed by atoms with Crippen molar-refractivity contribution in [3.63, 3.8) is 0 Å². The third-order valence-corrected chi connectivity index (χ3v) is 14.6. The summed E-state index contributed by atoms with van der Waals surface area (Å²) >= 11 is 0. The van der Waals surface area contributed by atoms with Crippen molar-refractivity contribution in [1.29, 1.82) is 10.5 Å². The van der Waals surface area contributed by atoms with Gasteiger partial charge < -0.3 is 9.80 Å². The second kappa shape index (κ2) is 16.3. The monoisotopic (exact) mass is 884 g/mol. The Morgan fingerprint density at radius 1 is 0.333 bits per heavy atom. The molecule has 0 fully saturated rings. The number of nitrogens with zero attached hydrogens (tertiary/aromatic N) is 4. The molecule has 0 amide bonds. The zero-order valence-corrected chi connectivity index (χ0v) is 39.1. The highest BCUT2D eigenvalue weighted by molar-refractivity contribution is 6.04. The van der Waals surface area contributed by atoms with E-state index in [1.807, 2.05) is 48.5 Å². The Hall–Kier alpha value is -8.70. The van der Waals surface area contributed by atoms with Gasteiger partial charge in [-0.05, 0) is 210 Å². The Morgan fingerprint density at radius 2 is 0.681 bits per heavy atom. The molecule has 0 heterocycles. The van der Waals surface area contributed by atoms with E-state index in [1.54, 1.807) is 0 Å². The first kappa shape index (κ1) is 41.7. The standard InChI is InChI=1S/C65H48N4/c1-41(2)45-17-27-53(28-18-45)68(51-23-13-43(39-66)14-24-51)55-31-21-47-35-59-60-36-48-22-32-56(69(52-25-15-44(40-67)16-26-52)54-29-19-46(20-30-54)42(3)4)34-50(48)38-64(60)65(63(59)37-49(47)33-55)61-11-7-5-9-57(61)58-10-6-8-12-62(58)65/h5-38,41-42H,1-4H3. The van der Waals surface area contributed by atoms with E-state index in [9.17, 15) is 10.5 Å². The average Bonchev–Trinajstić information content (AvgIpc) is 3.84. The van der Waals surface area contributed by atoms with Gasteiger partial charge in [-0.3, -0.25) is 0 Å². The van der Waals surface area contributed by atoms with Gasteiger partial charge in [0.15, 0.2) is 0 Å². The van der Waals surface area contributed by atoms with Crippen LogP contribution in [0.15, 0.2) is 206 Å². The summed E-state index contributed by atoms with van der Waals surface area (Å²) in [5.74, 6) is 0.839. The summed E-state index contributed by atoms with van der Waals surface area (Å²) in [6.07, 6.45) is 0. The Morgan fingerprint density at radius 3 is 1.04 bits per heavy atom. The van der Waals surface area contributed by atoms with Crippen LogP contribution in [0.4, 0.5) is 34.1 Å². The minimum Gasteiger partial charge on any atom is -0.310 e. The first-order valence-electron chi connectivity index (χ1n) is 23.9. The fraction of sp³-hybridized carbons (Fsp3) is 0.108. The number of benzene rings is 10. The molecule has 0 aliphatic heterocycles. The van der Waals surface area contributed by atoms with E-state index in [2.05, 4.69) is 207 Å². The molecule has 10 aromatic carbocycles. The van der Waals surface area contributed by atoms with E-state index >= 15 is 0 Å². The van der Waals surface area contributed by atoms with E-state index in [0.717, 1.165) is 44.9 Å². The minimum atomic E-state index is -0.564. The van der Waals surface area contributed by atoms with Gasteiger partial charge in [-0.25, -0.2) is 0 Å². The molecule has 12 rings (SSSR count). The maximum atomic E-state index is 9.69. The van der Waals surface area contributed by atoms with Crippen molar-refractivity contribution in [3.05, 3.63) is 251 Å². The van der Waals surface area contributed by atoms with E-state index in [0.29, 0.717) is 23.0 Å². The lowest BCUT2D eigenvalue weighted by Crippen LogP contribution is -2.25. The molecule has 2 aliphatic rings. The molecule has 10 aromatic rings. The molecule has 4 nitrogen and oxygen atoms in total. The normalized spacial score (nSPS) is 12.7. The van der Waals surface area contributed by atoms with Crippen LogP contribution in [-0.4, -0.2) is 0 Å². The molecule has 0 N–H and O–H groups in total. The van der Waals surface area contributed by atoms with E-state index in [4.69, 9.17) is 0 Å². The van der Waals surface area contributed by atoms with Crippen LogP contribution in [-0.2, 0) is 5.41 Å². The van der Waals surface area contributed by atoms with E-state index in [-0.39, 0.29) is 0 Å². The van der Waals surface area contributed by atoms with Gasteiger partial charge in [-0.2, -0.15) is 10.5 Å². The molecule has 2 aliphatic carbocycles. The second-order valence-corrected chi connectivity index (χ2v) is 19.2. The maximum absolute atomic E-state index is 9.69. The predicted octanol–water partition coefficient (Wildman–Crippen LogP) is 17.3. The fourth-order valence-electron chi connectivity index (χ4n) is 11.2. The third kappa shape index (κ3) is 6.64. The summed E-state index contributed by atoms with van der Waals surface area (Å²) in [7, 11) is 0. The van der Waals surface area contributed by atoms with Crippen LogP contribution in [0.25, 0.3) is 43.8 Å². The molecule has 69 heavy (non-hydrogen) atoms. The molecule has 0 atom stereocenters. The molecule has 0 bridgehead atoms. The van der Waals surface area contributed by atoms with Crippen molar-refractivity contribution < 1.29 is 0 Å². The first-order chi connectivity index (χ1) is 33.7. The Kier molecular flexibility index (Phi) is 9.84. The van der Waals surface area contributed by atoms with Crippen molar-refractivity contribution in [2.75, 3.05) is 9.80 Å². The largest absolute Gasteiger partial charge is 0.310 e. The molecular formula is C65H48N4. The molecule has 1 spiro atoms. The van der Waals surface area contributed by atoms with Crippen LogP contribution >= 0.6 is 0 Å². The van der Waals surface area contributed by atoms with E-state index < -0.39 is 5.41 Å². The molecule has 0 aromatic heterocycles. The zero-order chi connectivity index (χ0) is 47.0. The lowest BCUT2D eigenvalue weighted by molar-refractivity contribution is 0.796. The zero-order valence-electron chi connectivity index (χ0n) is 39.1. The van der Waals surface area contributed by atoms with Crippen LogP contribution in [0.3, 0.4) is 0 Å². The summed E-state index contributed by atoms with van der Waals surface area (Å²) in [5, 5.41) is 24.0. The highest BCUT2D eigenvalue weighted by Crippen LogP contribution is 2.64. The maximum Gasteiger partial charge on any atom is 0.0991 e. The SMILES string of the molecule is CC(C)c1ccc(N(c2ccc(C#N)cc2)c2ccc3cc4c(cc3c2)C2(c3ccccc3-c3ccccc32)c2cc3cc(N(c5ccc(C#N)cc5)c5ccc(C(C)C)cc5)ccc3cc2-4)cc1. The van der Waals surface area contributed by atoms with Gasteiger partial charge in [-0.1, -0.05) is 113 Å². The summed E-state index contributed by atoms with van der Waals surface area (Å²) in [5.41, 5.74) is 19.7. The summed E-state index contributed by atoms with van der Waals surface area (Å²) in [6.45, 7) is 8.90. The van der Waals surface area contributed by atoms with Gasteiger partial charge in [0.2, 0.25) is 0 Å². The first-order valence-corrected chi connectivity index (χ1v) is 23.9. The second-order valence-electron chi connectivity index (χ2n) is 19.2. The van der Waals surface area contributed by atoms with Crippen LogP contribution in [0.5, 0.6) is 0 Å². The fourth-order valence-corrected chi connectivity index (χ4v) is 11.2. The minimum absolute atomic E-state index is 0.420. The highest BCUT2D eigenvalue weighted by Gasteiger charge is 2.51. The lowest BCUT2D eigenvalue weighted by atomic mass is 9.70. The Balaban J connectivity index is 1.07.